The summed E-state index contributed by atoms with van der Waals surface area (Å²) >= 11 is 12.2. The smallest absolute Gasteiger partial charge is 0.246 e. The topological polar surface area (TPSA) is 45.2 Å². The molecule has 1 aromatic heterocycles. The number of pyridine rings is 1. The number of nitrogens with one attached hydrogen (secondary N) is 1. The molecule has 4 nitrogen and oxygen atoms in total. The van der Waals surface area contributed by atoms with E-state index in [0.717, 1.165) is 16.8 Å². The van der Waals surface area contributed by atoms with Crippen molar-refractivity contribution in [2.45, 2.75) is 13.5 Å². The van der Waals surface area contributed by atoms with E-state index in [4.69, 9.17) is 23.2 Å². The molecular weight excluding hydrogens is 309 g/mol. The Kier molecular flexibility index (Phi) is 3.74. The summed E-state index contributed by atoms with van der Waals surface area (Å²) in [6, 6.07) is 7.18. The second-order valence-electron chi connectivity index (χ2n) is 4.95. The molecule has 6 heteroatoms. The van der Waals surface area contributed by atoms with Crippen molar-refractivity contribution in [1.82, 2.24) is 4.98 Å². The zero-order valence-corrected chi connectivity index (χ0v) is 12.9. The first-order valence-electron chi connectivity index (χ1n) is 6.49. The number of carbonyl (C=O) groups excluding carboxylic acids is 1. The minimum absolute atomic E-state index is 0.0223. The first-order chi connectivity index (χ1) is 10.0. The average molecular weight is 322 g/mol. The van der Waals surface area contributed by atoms with E-state index in [1.54, 1.807) is 29.3 Å². The van der Waals surface area contributed by atoms with Gasteiger partial charge in [0, 0.05) is 16.2 Å². The Hall–Kier alpha value is -1.78. The summed E-state index contributed by atoms with van der Waals surface area (Å²) in [6.45, 7) is 2.54. The lowest BCUT2D eigenvalue weighted by atomic mass is 10.1. The van der Waals surface area contributed by atoms with Crippen LogP contribution < -0.4 is 10.2 Å². The van der Waals surface area contributed by atoms with Crippen LogP contribution in [0.1, 0.15) is 11.1 Å². The number of aryl methyl sites for hydroxylation is 1. The lowest BCUT2D eigenvalue weighted by Crippen LogP contribution is -2.39. The van der Waals surface area contributed by atoms with Crippen molar-refractivity contribution in [3.05, 3.63) is 51.6 Å². The molecule has 1 aliphatic heterocycles. The highest BCUT2D eigenvalue weighted by Crippen LogP contribution is 2.31. The van der Waals surface area contributed by atoms with E-state index in [-0.39, 0.29) is 12.5 Å². The van der Waals surface area contributed by atoms with Gasteiger partial charge < -0.3 is 10.2 Å². The lowest BCUT2D eigenvalue weighted by molar-refractivity contribution is -0.117. The largest absolute Gasteiger partial charge is 0.359 e. The summed E-state index contributed by atoms with van der Waals surface area (Å²) in [5.74, 6) is 0.685. The zero-order valence-electron chi connectivity index (χ0n) is 11.4. The van der Waals surface area contributed by atoms with Gasteiger partial charge in [0.15, 0.2) is 0 Å². The molecule has 0 atom stereocenters. The molecule has 0 radical (unpaired) electrons. The fourth-order valence-corrected chi connectivity index (χ4v) is 2.67. The summed E-state index contributed by atoms with van der Waals surface area (Å²) in [7, 11) is 0. The van der Waals surface area contributed by atoms with Crippen molar-refractivity contribution in [1.29, 1.82) is 0 Å². The van der Waals surface area contributed by atoms with Crippen LogP contribution in [-0.2, 0) is 11.3 Å². The van der Waals surface area contributed by atoms with Crippen LogP contribution in [0, 0.1) is 6.92 Å². The Balaban J connectivity index is 2.00. The average Bonchev–Trinajstić information content (AvgIpc) is 2.46. The Morgan fingerprint density at radius 2 is 2.14 bits per heavy atom. The second-order valence-corrected chi connectivity index (χ2v) is 5.79. The van der Waals surface area contributed by atoms with Gasteiger partial charge in [-0.15, -0.1) is 0 Å². The number of carbonyl (C=O) groups is 1. The molecule has 2 heterocycles. The van der Waals surface area contributed by atoms with Crippen molar-refractivity contribution in [2.24, 2.45) is 0 Å². The quantitative estimate of drug-likeness (QED) is 0.918. The van der Waals surface area contributed by atoms with E-state index in [2.05, 4.69) is 10.3 Å². The Morgan fingerprint density at radius 1 is 1.33 bits per heavy atom. The maximum atomic E-state index is 12.2. The molecule has 108 valence electrons. The van der Waals surface area contributed by atoms with Gasteiger partial charge in [-0.2, -0.15) is 0 Å². The van der Waals surface area contributed by atoms with Crippen molar-refractivity contribution in [3.8, 4) is 0 Å². The highest BCUT2D eigenvalue weighted by atomic mass is 35.5. The van der Waals surface area contributed by atoms with Gasteiger partial charge in [0.1, 0.15) is 5.82 Å². The Morgan fingerprint density at radius 3 is 2.95 bits per heavy atom. The van der Waals surface area contributed by atoms with Gasteiger partial charge in [-0.1, -0.05) is 23.2 Å². The van der Waals surface area contributed by atoms with Gasteiger partial charge in [-0.05, 0) is 42.3 Å². The van der Waals surface area contributed by atoms with Crippen LogP contribution in [0.4, 0.5) is 11.5 Å². The molecular formula is C15H13Cl2N3O. The normalized spacial score (nSPS) is 13.9. The molecule has 1 aliphatic rings. The predicted octanol–water partition coefficient (Wildman–Crippen LogP) is 3.66. The number of hydrogen-bond acceptors (Lipinski definition) is 3. The number of amides is 1. The number of aromatic nitrogens is 1. The molecule has 3 rings (SSSR count). The van der Waals surface area contributed by atoms with Gasteiger partial charge in [-0.25, -0.2) is 4.98 Å². The van der Waals surface area contributed by atoms with Crippen molar-refractivity contribution in [3.63, 3.8) is 0 Å². The minimum Gasteiger partial charge on any atom is -0.359 e. The molecule has 0 unspecified atom stereocenters. The summed E-state index contributed by atoms with van der Waals surface area (Å²) in [6.07, 6.45) is 1.77. The van der Waals surface area contributed by atoms with Crippen LogP contribution >= 0.6 is 23.2 Å². The summed E-state index contributed by atoms with van der Waals surface area (Å²) in [5, 5.41) is 4.21. The summed E-state index contributed by atoms with van der Waals surface area (Å²) < 4.78 is 0. The van der Waals surface area contributed by atoms with Crippen LogP contribution in [-0.4, -0.2) is 17.4 Å². The first-order valence-corrected chi connectivity index (χ1v) is 7.25. The Labute approximate surface area is 132 Å². The maximum absolute atomic E-state index is 12.2. The molecule has 0 spiro atoms. The molecule has 1 amide bonds. The third-order valence-electron chi connectivity index (χ3n) is 3.34. The number of halogens is 2. The molecule has 0 aliphatic carbocycles. The number of nitrogens with zero attached hydrogens (tertiary/aromatic N) is 2. The van der Waals surface area contributed by atoms with E-state index in [9.17, 15) is 4.79 Å². The van der Waals surface area contributed by atoms with E-state index >= 15 is 0 Å². The minimum atomic E-state index is -0.0223. The van der Waals surface area contributed by atoms with Gasteiger partial charge in [0.2, 0.25) is 5.91 Å². The molecule has 2 aromatic rings. The maximum Gasteiger partial charge on any atom is 0.246 e. The zero-order chi connectivity index (χ0) is 15.0. The highest BCUT2D eigenvalue weighted by Gasteiger charge is 2.25. The molecule has 0 fully saturated rings. The Bertz CT molecular complexity index is 718. The molecule has 1 N–H and O–H groups in total. The van der Waals surface area contributed by atoms with Gasteiger partial charge in [0.05, 0.1) is 18.8 Å². The number of fused-ring (bicyclic) bond motifs is 1. The SMILES string of the molecule is Cc1cnc2c(c1)N(Cc1cc(Cl)ccc1Cl)C(=O)CN2. The van der Waals surface area contributed by atoms with E-state index < -0.39 is 0 Å². The van der Waals surface area contributed by atoms with Crippen LogP contribution in [0.15, 0.2) is 30.5 Å². The van der Waals surface area contributed by atoms with Crippen LogP contribution in [0.25, 0.3) is 0 Å². The predicted molar refractivity (Wildman–Crippen MR) is 85.1 cm³/mol. The van der Waals surface area contributed by atoms with Crippen LogP contribution in [0.3, 0.4) is 0 Å². The second kappa shape index (κ2) is 5.54. The van der Waals surface area contributed by atoms with Gasteiger partial charge >= 0.3 is 0 Å². The standard InChI is InChI=1S/C15H13Cl2N3O/c1-9-4-13-15(18-6-9)19-7-14(21)20(13)8-10-5-11(16)2-3-12(10)17/h2-6H,7-8H2,1H3,(H,18,19). The fourth-order valence-electron chi connectivity index (χ4n) is 2.29. The molecule has 0 saturated carbocycles. The third kappa shape index (κ3) is 2.82. The lowest BCUT2D eigenvalue weighted by Gasteiger charge is -2.30. The fraction of sp³-hybridized carbons (Fsp3) is 0.200. The molecule has 1 aromatic carbocycles. The highest BCUT2D eigenvalue weighted by molar-refractivity contribution is 6.33. The van der Waals surface area contributed by atoms with Gasteiger partial charge in [-0.3, -0.25) is 4.79 Å². The number of benzene rings is 1. The van der Waals surface area contributed by atoms with Crippen molar-refractivity contribution >= 4 is 40.6 Å². The van der Waals surface area contributed by atoms with Crippen LogP contribution in [0.2, 0.25) is 10.0 Å². The number of anilines is 2. The number of hydrogen-bond donors (Lipinski definition) is 1. The summed E-state index contributed by atoms with van der Waals surface area (Å²) in [5.41, 5.74) is 2.57. The van der Waals surface area contributed by atoms with E-state index in [1.165, 1.54) is 0 Å². The van der Waals surface area contributed by atoms with Crippen LogP contribution in [0.5, 0.6) is 0 Å². The third-order valence-corrected chi connectivity index (χ3v) is 3.94. The van der Waals surface area contributed by atoms with E-state index in [1.807, 2.05) is 13.0 Å². The van der Waals surface area contributed by atoms with E-state index in [0.29, 0.717) is 22.4 Å². The molecule has 0 bridgehead atoms. The number of rotatable bonds is 2. The summed E-state index contributed by atoms with van der Waals surface area (Å²) in [4.78, 5) is 18.2. The monoisotopic (exact) mass is 321 g/mol. The first kappa shape index (κ1) is 14.2. The van der Waals surface area contributed by atoms with Crippen molar-refractivity contribution in [2.75, 3.05) is 16.8 Å². The molecule has 21 heavy (non-hydrogen) atoms. The molecule has 0 saturated heterocycles. The van der Waals surface area contributed by atoms with Crippen molar-refractivity contribution < 1.29 is 4.79 Å². The van der Waals surface area contributed by atoms with Gasteiger partial charge in [0.25, 0.3) is 0 Å².